The minimum Gasteiger partial charge on any atom is -0.459 e. The highest BCUT2D eigenvalue weighted by Gasteiger charge is 2.09. The van der Waals surface area contributed by atoms with Crippen molar-refractivity contribution in [2.75, 3.05) is 0 Å². The van der Waals surface area contributed by atoms with E-state index in [1.807, 2.05) is 6.92 Å². The van der Waals surface area contributed by atoms with Gasteiger partial charge < -0.3 is 4.74 Å². The Balaban J connectivity index is 1.45. The summed E-state index contributed by atoms with van der Waals surface area (Å²) in [4.78, 5) is 23.2. The van der Waals surface area contributed by atoms with Crippen LogP contribution in [-0.4, -0.2) is 25.9 Å². The average Bonchev–Trinajstić information content (AvgIpc) is 3.13. The molecule has 0 aliphatic heterocycles. The molecule has 144 valence electrons. The van der Waals surface area contributed by atoms with E-state index in [4.69, 9.17) is 4.74 Å². The lowest BCUT2D eigenvalue weighted by Gasteiger charge is -2.04. The molecule has 0 saturated heterocycles. The van der Waals surface area contributed by atoms with Crippen LogP contribution in [0.25, 0.3) is 0 Å². The van der Waals surface area contributed by atoms with E-state index in [9.17, 15) is 14.9 Å². The highest BCUT2D eigenvalue weighted by Crippen LogP contribution is 2.21. The van der Waals surface area contributed by atoms with Gasteiger partial charge in [0.25, 0.3) is 5.69 Å². The molecule has 1 aromatic heterocycles. The number of nitro groups is 1. The molecule has 0 fully saturated rings. The summed E-state index contributed by atoms with van der Waals surface area (Å²) in [7, 11) is 0. The molecule has 0 spiro atoms. The molecule has 8 nitrogen and oxygen atoms in total. The first-order chi connectivity index (χ1) is 13.5. The number of benzene rings is 2. The number of aromatic nitrogens is 3. The van der Waals surface area contributed by atoms with E-state index >= 15 is 0 Å². The molecule has 3 aromatic rings. The topological polar surface area (TPSA) is 100 Å². The molecule has 2 aromatic carbocycles. The van der Waals surface area contributed by atoms with Gasteiger partial charge in [0.2, 0.25) is 0 Å². The summed E-state index contributed by atoms with van der Waals surface area (Å²) < 4.78 is 6.61. The Bertz CT molecular complexity index is 955. The zero-order valence-electron chi connectivity index (χ0n) is 15.1. The molecule has 28 heavy (non-hydrogen) atoms. The van der Waals surface area contributed by atoms with Crippen LogP contribution < -0.4 is 0 Å². The number of nitrogens with zero attached hydrogens (tertiary/aromatic N) is 4. The SMILES string of the molecule is Cc1ccc(SCc2cn(CC(=O)OCc3ccc([N+](=O)[O-])cc3)nn2)cc1. The Kier molecular flexibility index (Phi) is 6.38. The van der Waals surface area contributed by atoms with Gasteiger partial charge in [-0.3, -0.25) is 14.9 Å². The van der Waals surface area contributed by atoms with Gasteiger partial charge in [-0.05, 0) is 36.8 Å². The first kappa shape index (κ1) is 19.6. The normalized spacial score (nSPS) is 10.6. The maximum atomic E-state index is 12.0. The van der Waals surface area contributed by atoms with Crippen LogP contribution in [0.15, 0.2) is 59.6 Å². The summed E-state index contributed by atoms with van der Waals surface area (Å²) in [5.41, 5.74) is 2.65. The molecule has 0 aliphatic carbocycles. The van der Waals surface area contributed by atoms with Gasteiger partial charge in [-0.15, -0.1) is 16.9 Å². The summed E-state index contributed by atoms with van der Waals surface area (Å²) in [5, 5.41) is 18.6. The van der Waals surface area contributed by atoms with Gasteiger partial charge in [-0.1, -0.05) is 22.9 Å². The Morgan fingerprint density at radius 3 is 2.57 bits per heavy atom. The van der Waals surface area contributed by atoms with Crippen molar-refractivity contribution in [1.29, 1.82) is 0 Å². The number of ether oxygens (including phenoxy) is 1. The second-order valence-electron chi connectivity index (χ2n) is 6.09. The maximum absolute atomic E-state index is 12.0. The molecule has 0 atom stereocenters. The van der Waals surface area contributed by atoms with Crippen molar-refractivity contribution in [1.82, 2.24) is 15.0 Å². The highest BCUT2D eigenvalue weighted by atomic mass is 32.2. The number of aryl methyl sites for hydroxylation is 1. The summed E-state index contributed by atoms with van der Waals surface area (Å²) >= 11 is 1.65. The minimum absolute atomic E-state index is 0.00581. The summed E-state index contributed by atoms with van der Waals surface area (Å²) in [6.07, 6.45) is 1.72. The zero-order chi connectivity index (χ0) is 19.9. The molecule has 3 rings (SSSR count). The predicted molar refractivity (Wildman–Crippen MR) is 104 cm³/mol. The Labute approximate surface area is 165 Å². The van der Waals surface area contributed by atoms with Gasteiger partial charge >= 0.3 is 5.97 Å². The van der Waals surface area contributed by atoms with Crippen molar-refractivity contribution >= 4 is 23.4 Å². The van der Waals surface area contributed by atoms with E-state index in [-0.39, 0.29) is 18.8 Å². The van der Waals surface area contributed by atoms with Crippen LogP contribution in [0, 0.1) is 17.0 Å². The number of hydrogen-bond donors (Lipinski definition) is 0. The first-order valence-corrected chi connectivity index (χ1v) is 9.45. The van der Waals surface area contributed by atoms with Gasteiger partial charge in [0.1, 0.15) is 13.2 Å². The van der Waals surface area contributed by atoms with Crippen LogP contribution in [0.1, 0.15) is 16.8 Å². The maximum Gasteiger partial charge on any atom is 0.328 e. The van der Waals surface area contributed by atoms with Crippen LogP contribution in [0.5, 0.6) is 0 Å². The number of non-ortho nitro benzene ring substituents is 1. The highest BCUT2D eigenvalue weighted by molar-refractivity contribution is 7.98. The summed E-state index contributed by atoms with van der Waals surface area (Å²) in [5.74, 6) is 0.196. The molecule has 0 bridgehead atoms. The lowest BCUT2D eigenvalue weighted by molar-refractivity contribution is -0.384. The van der Waals surface area contributed by atoms with Crippen molar-refractivity contribution in [3.05, 3.63) is 81.7 Å². The fraction of sp³-hybridized carbons (Fsp3) is 0.211. The molecule has 0 N–H and O–H groups in total. The molecule has 0 aliphatic rings. The lowest BCUT2D eigenvalue weighted by Crippen LogP contribution is -2.14. The van der Waals surface area contributed by atoms with Crippen molar-refractivity contribution in [3.63, 3.8) is 0 Å². The molecule has 0 saturated carbocycles. The largest absolute Gasteiger partial charge is 0.459 e. The van der Waals surface area contributed by atoms with Crippen molar-refractivity contribution in [2.24, 2.45) is 0 Å². The number of hydrogen-bond acceptors (Lipinski definition) is 7. The van der Waals surface area contributed by atoms with Gasteiger partial charge in [0.15, 0.2) is 0 Å². The molecule has 0 amide bonds. The molecular weight excluding hydrogens is 380 g/mol. The first-order valence-electron chi connectivity index (χ1n) is 8.47. The van der Waals surface area contributed by atoms with Crippen LogP contribution >= 0.6 is 11.8 Å². The van der Waals surface area contributed by atoms with Crippen LogP contribution in [0.3, 0.4) is 0 Å². The number of rotatable bonds is 8. The van der Waals surface area contributed by atoms with Crippen molar-refractivity contribution in [3.8, 4) is 0 Å². The number of esters is 1. The average molecular weight is 398 g/mol. The third-order valence-electron chi connectivity index (χ3n) is 3.83. The van der Waals surface area contributed by atoms with Crippen LogP contribution in [0.4, 0.5) is 5.69 Å². The quantitative estimate of drug-likeness (QED) is 0.248. The number of carbonyl (C=O) groups is 1. The smallest absolute Gasteiger partial charge is 0.328 e. The van der Waals surface area contributed by atoms with Gasteiger partial charge in [0, 0.05) is 29.0 Å². The monoisotopic (exact) mass is 398 g/mol. The number of thioether (sulfide) groups is 1. The second kappa shape index (κ2) is 9.14. The van der Waals surface area contributed by atoms with Crippen molar-refractivity contribution in [2.45, 2.75) is 30.7 Å². The van der Waals surface area contributed by atoms with Gasteiger partial charge in [-0.2, -0.15) is 0 Å². The Morgan fingerprint density at radius 2 is 1.89 bits per heavy atom. The fourth-order valence-electron chi connectivity index (χ4n) is 2.33. The number of carbonyl (C=O) groups excluding carboxylic acids is 1. The van der Waals surface area contributed by atoms with E-state index in [0.717, 1.165) is 10.6 Å². The number of nitro benzene ring substituents is 1. The van der Waals surface area contributed by atoms with Crippen LogP contribution in [-0.2, 0) is 28.4 Å². The Hall–Kier alpha value is -3.20. The minimum atomic E-state index is -0.477. The van der Waals surface area contributed by atoms with E-state index in [1.165, 1.54) is 22.4 Å². The third kappa shape index (κ3) is 5.65. The third-order valence-corrected chi connectivity index (χ3v) is 4.88. The molecule has 1 heterocycles. The lowest BCUT2D eigenvalue weighted by atomic mass is 10.2. The molecule has 0 radical (unpaired) electrons. The summed E-state index contributed by atoms with van der Waals surface area (Å²) in [6.45, 7) is 2.04. The zero-order valence-corrected chi connectivity index (χ0v) is 16.0. The van der Waals surface area contributed by atoms with E-state index in [2.05, 4.69) is 34.6 Å². The van der Waals surface area contributed by atoms with Crippen LogP contribution in [0.2, 0.25) is 0 Å². The van der Waals surface area contributed by atoms with E-state index in [1.54, 1.807) is 30.1 Å². The molecule has 9 heteroatoms. The van der Waals surface area contributed by atoms with Gasteiger partial charge in [-0.25, -0.2) is 4.68 Å². The van der Waals surface area contributed by atoms with Gasteiger partial charge in [0.05, 0.1) is 10.6 Å². The summed E-state index contributed by atoms with van der Waals surface area (Å²) in [6, 6.07) is 14.1. The van der Waals surface area contributed by atoms with Crippen molar-refractivity contribution < 1.29 is 14.5 Å². The standard InChI is InChI=1S/C19H18N4O4S/c1-14-2-8-18(9-3-14)28-13-16-10-22(21-20-16)11-19(24)27-12-15-4-6-17(7-5-15)23(25)26/h2-10H,11-13H2,1H3. The fourth-order valence-corrected chi connectivity index (χ4v) is 3.10. The van der Waals surface area contributed by atoms with E-state index in [0.29, 0.717) is 11.3 Å². The molecule has 0 unspecified atom stereocenters. The second-order valence-corrected chi connectivity index (χ2v) is 7.14. The Morgan fingerprint density at radius 1 is 1.18 bits per heavy atom. The predicted octanol–water partition coefficient (Wildman–Crippen LogP) is 3.53. The van der Waals surface area contributed by atoms with E-state index < -0.39 is 10.9 Å². The molecular formula is C19H18N4O4S.